The van der Waals surface area contributed by atoms with Gasteiger partial charge in [-0.2, -0.15) is 0 Å². The van der Waals surface area contributed by atoms with Crippen LogP contribution in [-0.4, -0.2) is 15.6 Å². The van der Waals surface area contributed by atoms with Crippen LogP contribution in [0.2, 0.25) is 15.1 Å². The summed E-state index contributed by atoms with van der Waals surface area (Å²) in [6.45, 7) is 3.52. The number of aryl methyl sites for hydroxylation is 1. The Morgan fingerprint density at radius 2 is 1.63 bits per heavy atom. The molecule has 0 amide bonds. The van der Waals surface area contributed by atoms with E-state index in [1.165, 1.54) is 0 Å². The van der Waals surface area contributed by atoms with Crippen LogP contribution in [0.3, 0.4) is 0 Å². The standard InChI is InChI=1S/C13H10Cl3NO2/c1-6-3-8(13(18)19)7(2)17(6)12-5-10(15)9(14)4-11(12)16/h3-5H,1-2H3,(H,18,19). The van der Waals surface area contributed by atoms with Crippen LogP contribution >= 0.6 is 34.8 Å². The molecule has 6 heteroatoms. The first-order valence-electron chi connectivity index (χ1n) is 5.40. The summed E-state index contributed by atoms with van der Waals surface area (Å²) in [6.07, 6.45) is 0. The summed E-state index contributed by atoms with van der Waals surface area (Å²) < 4.78 is 1.74. The van der Waals surface area contributed by atoms with Gasteiger partial charge in [0.2, 0.25) is 0 Å². The number of aromatic nitrogens is 1. The fourth-order valence-electron chi connectivity index (χ4n) is 2.03. The molecule has 1 heterocycles. The summed E-state index contributed by atoms with van der Waals surface area (Å²) in [4.78, 5) is 11.1. The molecule has 0 aliphatic heterocycles. The van der Waals surface area contributed by atoms with Gasteiger partial charge in [-0.15, -0.1) is 0 Å². The van der Waals surface area contributed by atoms with Gasteiger partial charge in [-0.3, -0.25) is 0 Å². The minimum Gasteiger partial charge on any atom is -0.478 e. The van der Waals surface area contributed by atoms with Crippen molar-refractivity contribution in [1.29, 1.82) is 0 Å². The molecular formula is C13H10Cl3NO2. The molecule has 1 N–H and O–H groups in total. The Balaban J connectivity index is 2.73. The average Bonchev–Trinajstić information content (AvgIpc) is 2.60. The van der Waals surface area contributed by atoms with Crippen LogP contribution in [0.25, 0.3) is 5.69 Å². The third kappa shape index (κ3) is 2.46. The number of rotatable bonds is 2. The second-order valence-electron chi connectivity index (χ2n) is 4.14. The number of halogens is 3. The first kappa shape index (κ1) is 14.3. The van der Waals surface area contributed by atoms with Crippen molar-refractivity contribution in [2.24, 2.45) is 0 Å². The lowest BCUT2D eigenvalue weighted by Crippen LogP contribution is -2.03. The lowest BCUT2D eigenvalue weighted by molar-refractivity contribution is 0.0696. The van der Waals surface area contributed by atoms with E-state index in [0.717, 1.165) is 5.69 Å². The number of aromatic carboxylic acids is 1. The van der Waals surface area contributed by atoms with E-state index >= 15 is 0 Å². The summed E-state index contributed by atoms with van der Waals surface area (Å²) >= 11 is 18.0. The topological polar surface area (TPSA) is 42.2 Å². The van der Waals surface area contributed by atoms with Gasteiger partial charge in [0.15, 0.2) is 0 Å². The molecule has 0 unspecified atom stereocenters. The molecule has 19 heavy (non-hydrogen) atoms. The maximum absolute atomic E-state index is 11.1. The molecule has 0 aliphatic rings. The van der Waals surface area contributed by atoms with Crippen LogP contribution < -0.4 is 0 Å². The molecule has 0 saturated heterocycles. The number of hydrogen-bond acceptors (Lipinski definition) is 1. The van der Waals surface area contributed by atoms with Gasteiger partial charge in [0.25, 0.3) is 0 Å². The fraction of sp³-hybridized carbons (Fsp3) is 0.154. The second-order valence-corrected chi connectivity index (χ2v) is 5.36. The second kappa shape index (κ2) is 5.08. The van der Waals surface area contributed by atoms with Gasteiger partial charge < -0.3 is 9.67 Å². The van der Waals surface area contributed by atoms with Crippen LogP contribution in [0, 0.1) is 13.8 Å². The van der Waals surface area contributed by atoms with Crippen molar-refractivity contribution in [3.05, 3.63) is 50.2 Å². The minimum atomic E-state index is -0.976. The SMILES string of the molecule is Cc1cc(C(=O)O)c(C)n1-c1cc(Cl)c(Cl)cc1Cl. The summed E-state index contributed by atoms with van der Waals surface area (Å²) in [6, 6.07) is 4.76. The molecule has 0 spiro atoms. The fourth-order valence-corrected chi connectivity index (χ4v) is 2.66. The Kier molecular flexibility index (Phi) is 3.81. The van der Waals surface area contributed by atoms with E-state index in [-0.39, 0.29) is 5.56 Å². The van der Waals surface area contributed by atoms with E-state index in [0.29, 0.717) is 26.4 Å². The van der Waals surface area contributed by atoms with Gasteiger partial charge in [0.1, 0.15) is 0 Å². The lowest BCUT2D eigenvalue weighted by atomic mass is 10.2. The van der Waals surface area contributed by atoms with Crippen LogP contribution in [0.4, 0.5) is 0 Å². The van der Waals surface area contributed by atoms with Crippen molar-refractivity contribution < 1.29 is 9.90 Å². The van der Waals surface area contributed by atoms with E-state index in [9.17, 15) is 4.79 Å². The number of carboxylic acids is 1. The highest BCUT2D eigenvalue weighted by Crippen LogP contribution is 2.33. The monoisotopic (exact) mass is 317 g/mol. The number of nitrogens with zero attached hydrogens (tertiary/aromatic N) is 1. The van der Waals surface area contributed by atoms with Crippen LogP contribution in [0.15, 0.2) is 18.2 Å². The highest BCUT2D eigenvalue weighted by atomic mass is 35.5. The van der Waals surface area contributed by atoms with Crippen LogP contribution in [0.5, 0.6) is 0 Å². The average molecular weight is 319 g/mol. The predicted molar refractivity (Wildman–Crippen MR) is 77.2 cm³/mol. The van der Waals surface area contributed by atoms with Crippen molar-refractivity contribution in [2.75, 3.05) is 0 Å². The Labute approximate surface area is 125 Å². The Hall–Kier alpha value is -1.16. The van der Waals surface area contributed by atoms with Crippen LogP contribution in [-0.2, 0) is 0 Å². The highest BCUT2D eigenvalue weighted by molar-refractivity contribution is 6.43. The first-order valence-corrected chi connectivity index (χ1v) is 6.53. The van der Waals surface area contributed by atoms with E-state index in [2.05, 4.69) is 0 Å². The number of carboxylic acid groups (broad SMARTS) is 1. The Morgan fingerprint density at radius 1 is 1.05 bits per heavy atom. The van der Waals surface area contributed by atoms with Crippen molar-refractivity contribution in [3.63, 3.8) is 0 Å². The number of benzene rings is 1. The van der Waals surface area contributed by atoms with Crippen LogP contribution in [0.1, 0.15) is 21.7 Å². The molecule has 1 aromatic heterocycles. The van der Waals surface area contributed by atoms with Crippen molar-refractivity contribution in [1.82, 2.24) is 4.57 Å². The molecule has 100 valence electrons. The summed E-state index contributed by atoms with van der Waals surface area (Å²) in [5.74, 6) is -0.976. The van der Waals surface area contributed by atoms with E-state index in [4.69, 9.17) is 39.9 Å². The minimum absolute atomic E-state index is 0.236. The highest BCUT2D eigenvalue weighted by Gasteiger charge is 2.18. The third-order valence-electron chi connectivity index (χ3n) is 2.89. The quantitative estimate of drug-likeness (QED) is 0.812. The summed E-state index contributed by atoms with van der Waals surface area (Å²) in [5.41, 5.74) is 2.19. The Bertz CT molecular complexity index is 677. The molecule has 0 bridgehead atoms. The molecule has 2 aromatic rings. The van der Waals surface area contributed by atoms with E-state index in [1.54, 1.807) is 36.6 Å². The van der Waals surface area contributed by atoms with Crippen molar-refractivity contribution >= 4 is 40.8 Å². The van der Waals surface area contributed by atoms with Gasteiger partial charge >= 0.3 is 5.97 Å². The van der Waals surface area contributed by atoms with Gasteiger partial charge in [0, 0.05) is 11.4 Å². The van der Waals surface area contributed by atoms with Crippen molar-refractivity contribution in [2.45, 2.75) is 13.8 Å². The van der Waals surface area contributed by atoms with E-state index in [1.807, 2.05) is 0 Å². The molecule has 3 nitrogen and oxygen atoms in total. The third-order valence-corrected chi connectivity index (χ3v) is 3.92. The molecular weight excluding hydrogens is 309 g/mol. The van der Waals surface area contributed by atoms with Crippen molar-refractivity contribution in [3.8, 4) is 5.69 Å². The number of hydrogen-bond donors (Lipinski definition) is 1. The maximum atomic E-state index is 11.1. The lowest BCUT2D eigenvalue weighted by Gasteiger charge is -2.12. The zero-order valence-corrected chi connectivity index (χ0v) is 12.4. The smallest absolute Gasteiger partial charge is 0.337 e. The first-order chi connectivity index (χ1) is 8.82. The predicted octanol–water partition coefficient (Wildman–Crippen LogP) is 4.75. The van der Waals surface area contributed by atoms with Gasteiger partial charge in [-0.05, 0) is 32.0 Å². The number of carbonyl (C=O) groups is 1. The van der Waals surface area contributed by atoms with Gasteiger partial charge in [-0.25, -0.2) is 4.79 Å². The van der Waals surface area contributed by atoms with E-state index < -0.39 is 5.97 Å². The molecule has 0 fully saturated rings. The summed E-state index contributed by atoms with van der Waals surface area (Å²) in [5, 5.41) is 10.3. The zero-order chi connectivity index (χ0) is 14.3. The van der Waals surface area contributed by atoms with Gasteiger partial charge in [-0.1, -0.05) is 34.8 Å². The zero-order valence-electron chi connectivity index (χ0n) is 10.2. The Morgan fingerprint density at radius 3 is 2.16 bits per heavy atom. The molecule has 2 rings (SSSR count). The van der Waals surface area contributed by atoms with Gasteiger partial charge in [0.05, 0.1) is 26.3 Å². The molecule has 0 aliphatic carbocycles. The normalized spacial score (nSPS) is 10.8. The molecule has 0 saturated carbocycles. The summed E-state index contributed by atoms with van der Waals surface area (Å²) in [7, 11) is 0. The maximum Gasteiger partial charge on any atom is 0.337 e. The molecule has 1 aromatic carbocycles. The largest absolute Gasteiger partial charge is 0.478 e. The molecule has 0 radical (unpaired) electrons. The molecule has 0 atom stereocenters.